The van der Waals surface area contributed by atoms with Gasteiger partial charge in [0.1, 0.15) is 0 Å². The number of carbonyl (C=O) groups is 2. The van der Waals surface area contributed by atoms with Gasteiger partial charge in [-0.2, -0.15) is 0 Å². The first kappa shape index (κ1) is 17.7. The predicted octanol–water partition coefficient (Wildman–Crippen LogP) is 1.19. The Balaban J connectivity index is 1.74. The van der Waals surface area contributed by atoms with Gasteiger partial charge in [0.15, 0.2) is 0 Å². The zero-order valence-corrected chi connectivity index (χ0v) is 15.1. The van der Waals surface area contributed by atoms with E-state index in [0.717, 1.165) is 32.7 Å². The van der Waals surface area contributed by atoms with Crippen molar-refractivity contribution < 1.29 is 9.59 Å². The molecule has 1 atom stereocenters. The van der Waals surface area contributed by atoms with Crippen molar-refractivity contribution in [2.45, 2.75) is 45.3 Å². The van der Waals surface area contributed by atoms with Crippen molar-refractivity contribution in [3.8, 4) is 0 Å². The fourth-order valence-corrected chi connectivity index (χ4v) is 3.85. The van der Waals surface area contributed by atoms with E-state index < -0.39 is 5.91 Å². The number of benzene rings is 1. The minimum absolute atomic E-state index is 0.0382. The number of rotatable bonds is 4. The Morgan fingerprint density at radius 3 is 2.64 bits per heavy atom. The summed E-state index contributed by atoms with van der Waals surface area (Å²) in [5.41, 5.74) is 7.83. The molecule has 1 aromatic rings. The number of piperazine rings is 1. The second-order valence-electron chi connectivity index (χ2n) is 7.31. The third kappa shape index (κ3) is 3.95. The van der Waals surface area contributed by atoms with Crippen molar-refractivity contribution in [1.82, 2.24) is 9.80 Å². The molecule has 0 radical (unpaired) electrons. The number of hydrogen-bond donors (Lipinski definition) is 1. The second kappa shape index (κ2) is 7.44. The Kier molecular flexibility index (Phi) is 5.27. The Bertz CT molecular complexity index is 646. The minimum atomic E-state index is -0.414. The van der Waals surface area contributed by atoms with Crippen molar-refractivity contribution in [1.29, 1.82) is 0 Å². The second-order valence-corrected chi connectivity index (χ2v) is 7.31. The molecular weight excluding hydrogens is 316 g/mol. The molecule has 1 unspecified atom stereocenters. The van der Waals surface area contributed by atoms with Crippen molar-refractivity contribution >= 4 is 17.5 Å². The number of anilines is 1. The van der Waals surface area contributed by atoms with E-state index in [1.807, 2.05) is 4.90 Å². The smallest absolute Gasteiger partial charge is 0.223 e. The fraction of sp³-hybridized carbons (Fsp3) is 0.579. The molecule has 6 nitrogen and oxygen atoms in total. The lowest BCUT2D eigenvalue weighted by atomic mass is 10.1. The monoisotopic (exact) mass is 344 g/mol. The molecule has 2 N–H and O–H groups in total. The van der Waals surface area contributed by atoms with Crippen molar-refractivity contribution in [3.63, 3.8) is 0 Å². The van der Waals surface area contributed by atoms with E-state index in [9.17, 15) is 9.59 Å². The van der Waals surface area contributed by atoms with Crippen LogP contribution in [0.15, 0.2) is 24.3 Å². The number of amides is 2. The molecule has 2 amide bonds. The molecule has 2 heterocycles. The molecular formula is C19H28N4O2. The number of nitrogens with two attached hydrogens (primary N) is 1. The Hall–Kier alpha value is -2.08. The Morgan fingerprint density at radius 2 is 1.92 bits per heavy atom. The lowest BCUT2D eigenvalue weighted by Crippen LogP contribution is -2.57. The summed E-state index contributed by atoms with van der Waals surface area (Å²) in [5, 5.41) is 0. The van der Waals surface area contributed by atoms with Crippen LogP contribution in [0.4, 0.5) is 5.69 Å². The zero-order chi connectivity index (χ0) is 18.0. The van der Waals surface area contributed by atoms with Crippen molar-refractivity contribution in [3.05, 3.63) is 29.8 Å². The number of para-hydroxylation sites is 1. The van der Waals surface area contributed by atoms with Crippen LogP contribution in [0.1, 0.15) is 32.3 Å². The van der Waals surface area contributed by atoms with Gasteiger partial charge in [-0.15, -0.1) is 0 Å². The van der Waals surface area contributed by atoms with Gasteiger partial charge in [0.25, 0.3) is 0 Å². The predicted molar refractivity (Wildman–Crippen MR) is 98.1 cm³/mol. The van der Waals surface area contributed by atoms with E-state index in [4.69, 9.17) is 5.73 Å². The molecule has 3 rings (SSSR count). The molecule has 2 aliphatic heterocycles. The maximum Gasteiger partial charge on any atom is 0.223 e. The van der Waals surface area contributed by atoms with Gasteiger partial charge in [0.2, 0.25) is 11.8 Å². The number of carbonyl (C=O) groups excluding carboxylic acids is 2. The molecule has 1 saturated heterocycles. The first-order chi connectivity index (χ1) is 12.0. The van der Waals surface area contributed by atoms with Crippen LogP contribution in [-0.4, -0.2) is 59.9 Å². The summed E-state index contributed by atoms with van der Waals surface area (Å²) in [6, 6.07) is 9.31. The fourth-order valence-electron chi connectivity index (χ4n) is 3.85. The average Bonchev–Trinajstić information content (AvgIpc) is 2.75. The van der Waals surface area contributed by atoms with Crippen molar-refractivity contribution in [2.75, 3.05) is 31.1 Å². The van der Waals surface area contributed by atoms with E-state index in [1.54, 1.807) is 0 Å². The molecule has 136 valence electrons. The molecule has 25 heavy (non-hydrogen) atoms. The minimum Gasteiger partial charge on any atom is -0.370 e. The summed E-state index contributed by atoms with van der Waals surface area (Å²) in [5.74, 6) is -0.376. The van der Waals surface area contributed by atoms with E-state index in [-0.39, 0.29) is 18.7 Å². The van der Waals surface area contributed by atoms with Gasteiger partial charge in [-0.25, -0.2) is 0 Å². The molecule has 1 aromatic carbocycles. The van der Waals surface area contributed by atoms with Gasteiger partial charge >= 0.3 is 0 Å². The number of primary amides is 1. The summed E-state index contributed by atoms with van der Waals surface area (Å²) in [6.07, 6.45) is 0.351. The van der Waals surface area contributed by atoms with Crippen LogP contribution < -0.4 is 10.6 Å². The van der Waals surface area contributed by atoms with E-state index >= 15 is 0 Å². The standard InChI is InChI=1S/C19H28N4O2/c1-14(2)23-13-16-12-22(19(25)8-7-18(20)24)10-9-21(16)11-15-5-3-4-6-17(15)23/h3-6,14,16H,7-13H2,1-2H3,(H2,20,24). The maximum atomic E-state index is 12.4. The third-order valence-corrected chi connectivity index (χ3v) is 5.25. The first-order valence-electron chi connectivity index (χ1n) is 9.10. The van der Waals surface area contributed by atoms with Gasteiger partial charge in [-0.1, -0.05) is 18.2 Å². The molecule has 6 heteroatoms. The lowest BCUT2D eigenvalue weighted by Gasteiger charge is -2.42. The average molecular weight is 344 g/mol. The number of hydrogen-bond acceptors (Lipinski definition) is 4. The molecule has 0 aromatic heterocycles. The number of nitrogens with zero attached hydrogens (tertiary/aromatic N) is 3. The summed E-state index contributed by atoms with van der Waals surface area (Å²) >= 11 is 0. The Morgan fingerprint density at radius 1 is 1.16 bits per heavy atom. The lowest BCUT2D eigenvalue weighted by molar-refractivity contribution is -0.135. The van der Waals surface area contributed by atoms with E-state index in [2.05, 4.69) is 47.9 Å². The van der Waals surface area contributed by atoms with Crippen LogP contribution in [0.2, 0.25) is 0 Å². The van der Waals surface area contributed by atoms with Crippen molar-refractivity contribution in [2.24, 2.45) is 5.73 Å². The topological polar surface area (TPSA) is 69.9 Å². The normalized spacial score (nSPS) is 20.8. The summed E-state index contributed by atoms with van der Waals surface area (Å²) in [7, 11) is 0. The molecule has 0 spiro atoms. The highest BCUT2D eigenvalue weighted by atomic mass is 16.2. The number of fused-ring (bicyclic) bond motifs is 2. The van der Waals surface area contributed by atoms with Crippen LogP contribution in [0.3, 0.4) is 0 Å². The molecule has 0 saturated carbocycles. The van der Waals surface area contributed by atoms with Crippen LogP contribution in [0, 0.1) is 0 Å². The van der Waals surface area contributed by atoms with Gasteiger partial charge < -0.3 is 15.5 Å². The molecule has 0 bridgehead atoms. The van der Waals surface area contributed by atoms with E-state index in [1.165, 1.54) is 11.3 Å². The Labute approximate surface area is 149 Å². The zero-order valence-electron chi connectivity index (χ0n) is 15.1. The van der Waals surface area contributed by atoms with E-state index in [0.29, 0.717) is 12.1 Å². The highest BCUT2D eigenvalue weighted by Gasteiger charge is 2.34. The maximum absolute atomic E-state index is 12.4. The van der Waals surface area contributed by atoms with Crippen LogP contribution in [0.5, 0.6) is 0 Å². The van der Waals surface area contributed by atoms with Crippen LogP contribution in [0.25, 0.3) is 0 Å². The third-order valence-electron chi connectivity index (χ3n) is 5.25. The van der Waals surface area contributed by atoms with Crippen LogP contribution >= 0.6 is 0 Å². The highest BCUT2D eigenvalue weighted by Crippen LogP contribution is 2.30. The quantitative estimate of drug-likeness (QED) is 0.891. The van der Waals surface area contributed by atoms with Gasteiger partial charge in [0.05, 0.1) is 0 Å². The summed E-state index contributed by atoms with van der Waals surface area (Å²) < 4.78 is 0. The molecule has 1 fully saturated rings. The largest absolute Gasteiger partial charge is 0.370 e. The molecule has 0 aliphatic carbocycles. The highest BCUT2D eigenvalue weighted by molar-refractivity contribution is 5.83. The van der Waals surface area contributed by atoms with Gasteiger partial charge in [0, 0.05) is 63.3 Å². The summed E-state index contributed by atoms with van der Waals surface area (Å²) in [4.78, 5) is 30.2. The molecule has 2 aliphatic rings. The first-order valence-corrected chi connectivity index (χ1v) is 9.10. The van der Waals surface area contributed by atoms with Gasteiger partial charge in [-0.3, -0.25) is 14.5 Å². The van der Waals surface area contributed by atoms with Crippen LogP contribution in [-0.2, 0) is 16.1 Å². The summed E-state index contributed by atoms with van der Waals surface area (Å²) in [6.45, 7) is 8.57. The van der Waals surface area contributed by atoms with Gasteiger partial charge in [-0.05, 0) is 25.5 Å². The SMILES string of the molecule is CC(C)N1CC2CN(C(=O)CCC(N)=O)CCN2Cc2ccccc21.